The molecule has 0 aliphatic carbocycles. The van der Waals surface area contributed by atoms with Crippen molar-refractivity contribution in [2.75, 3.05) is 19.6 Å². The molecule has 2 N–H and O–H groups in total. The molecule has 0 aromatic carbocycles. The Morgan fingerprint density at radius 2 is 2.04 bits per heavy atom. The Balaban J connectivity index is 0.00000264. The molecule has 6 heteroatoms. The number of likely N-dealkylation sites (tertiary alicyclic amines) is 1. The molecule has 3 atom stereocenters. The smallest absolute Gasteiger partial charge is 0.224 e. The van der Waals surface area contributed by atoms with E-state index in [2.05, 4.69) is 24.5 Å². The van der Waals surface area contributed by atoms with Gasteiger partial charge in [-0.3, -0.25) is 9.59 Å². The molecule has 2 aliphatic rings. The maximum absolute atomic E-state index is 12.5. The topological polar surface area (TPSA) is 61.4 Å². The lowest BCUT2D eigenvalue weighted by atomic mass is 9.92. The van der Waals surface area contributed by atoms with E-state index in [1.54, 1.807) is 0 Å². The van der Waals surface area contributed by atoms with Gasteiger partial charge < -0.3 is 15.5 Å². The van der Waals surface area contributed by atoms with Gasteiger partial charge >= 0.3 is 0 Å². The second-order valence-corrected chi connectivity index (χ2v) is 6.81. The monoisotopic (exact) mass is 345 g/mol. The van der Waals surface area contributed by atoms with Crippen LogP contribution in [0.15, 0.2) is 0 Å². The first-order chi connectivity index (χ1) is 10.6. The molecule has 2 aliphatic heterocycles. The molecule has 2 heterocycles. The second kappa shape index (κ2) is 10.1. The molecule has 0 saturated carbocycles. The van der Waals surface area contributed by atoms with Gasteiger partial charge in [0.05, 0.1) is 5.92 Å². The quantitative estimate of drug-likeness (QED) is 0.725. The minimum atomic E-state index is -0.0338. The Morgan fingerprint density at radius 1 is 1.26 bits per heavy atom. The molecule has 0 bridgehead atoms. The van der Waals surface area contributed by atoms with Gasteiger partial charge in [-0.25, -0.2) is 0 Å². The van der Waals surface area contributed by atoms with Crippen LogP contribution in [0.25, 0.3) is 0 Å². The van der Waals surface area contributed by atoms with Crippen LogP contribution in [0, 0.1) is 5.92 Å². The summed E-state index contributed by atoms with van der Waals surface area (Å²) in [5.41, 5.74) is 0. The van der Waals surface area contributed by atoms with Gasteiger partial charge in [0, 0.05) is 31.6 Å². The number of rotatable bonds is 6. The summed E-state index contributed by atoms with van der Waals surface area (Å²) < 4.78 is 0. The first-order valence-electron chi connectivity index (χ1n) is 8.92. The summed E-state index contributed by atoms with van der Waals surface area (Å²) in [5.74, 6) is 0.295. The van der Waals surface area contributed by atoms with Gasteiger partial charge in [-0.15, -0.1) is 12.4 Å². The van der Waals surface area contributed by atoms with Crippen molar-refractivity contribution in [3.8, 4) is 0 Å². The fourth-order valence-corrected chi connectivity index (χ4v) is 3.46. The third-order valence-electron chi connectivity index (χ3n) is 4.99. The van der Waals surface area contributed by atoms with Crippen LogP contribution in [0.5, 0.6) is 0 Å². The van der Waals surface area contributed by atoms with Gasteiger partial charge in [-0.2, -0.15) is 0 Å². The summed E-state index contributed by atoms with van der Waals surface area (Å²) in [7, 11) is 0. The van der Waals surface area contributed by atoms with Crippen LogP contribution in [0.2, 0.25) is 0 Å². The number of nitrogens with zero attached hydrogens (tertiary/aromatic N) is 1. The number of halogens is 1. The molecular weight excluding hydrogens is 314 g/mol. The average Bonchev–Trinajstić information content (AvgIpc) is 3.00. The molecule has 2 amide bonds. The number of amides is 2. The molecule has 0 aromatic rings. The van der Waals surface area contributed by atoms with E-state index < -0.39 is 0 Å². The highest BCUT2D eigenvalue weighted by Gasteiger charge is 2.33. The number of piperidine rings is 1. The molecule has 2 rings (SSSR count). The van der Waals surface area contributed by atoms with Crippen molar-refractivity contribution in [2.24, 2.45) is 5.92 Å². The lowest BCUT2D eigenvalue weighted by molar-refractivity contribution is -0.138. The van der Waals surface area contributed by atoms with E-state index >= 15 is 0 Å². The van der Waals surface area contributed by atoms with E-state index in [1.165, 1.54) is 0 Å². The number of carbonyl (C=O) groups excluding carboxylic acids is 2. The van der Waals surface area contributed by atoms with E-state index in [0.717, 1.165) is 51.6 Å². The summed E-state index contributed by atoms with van der Waals surface area (Å²) in [6, 6.07) is 0.590. The zero-order valence-electron chi connectivity index (χ0n) is 14.5. The highest BCUT2D eigenvalue weighted by Crippen LogP contribution is 2.24. The molecule has 0 spiro atoms. The summed E-state index contributed by atoms with van der Waals surface area (Å²) in [6.07, 6.45) is 6.76. The largest absolute Gasteiger partial charge is 0.356 e. The van der Waals surface area contributed by atoms with Crippen LogP contribution in [-0.4, -0.2) is 48.4 Å². The Morgan fingerprint density at radius 3 is 2.70 bits per heavy atom. The standard InChI is InChI=1S/C17H31N3O2.ClH/c1-3-4-9-19-17(22)14-8-7-13(2)20(12-14)16(21)11-15-6-5-10-18-15;/h13-15,18H,3-12H2,1-2H3,(H,19,22);1H. The third kappa shape index (κ3) is 5.96. The van der Waals surface area contributed by atoms with Gasteiger partial charge in [0.1, 0.15) is 0 Å². The van der Waals surface area contributed by atoms with Gasteiger partial charge in [0.2, 0.25) is 11.8 Å². The SMILES string of the molecule is CCCCNC(=O)C1CCC(C)N(C(=O)CC2CCCN2)C1.Cl. The second-order valence-electron chi connectivity index (χ2n) is 6.81. The minimum Gasteiger partial charge on any atom is -0.356 e. The van der Waals surface area contributed by atoms with Crippen LogP contribution < -0.4 is 10.6 Å². The fraction of sp³-hybridized carbons (Fsp3) is 0.882. The van der Waals surface area contributed by atoms with E-state index in [-0.39, 0.29) is 36.2 Å². The molecule has 0 aromatic heterocycles. The van der Waals surface area contributed by atoms with E-state index in [4.69, 9.17) is 0 Å². The molecule has 2 saturated heterocycles. The van der Waals surface area contributed by atoms with E-state index in [9.17, 15) is 9.59 Å². The number of carbonyl (C=O) groups is 2. The molecule has 2 fully saturated rings. The predicted octanol–water partition coefficient (Wildman–Crippen LogP) is 2.09. The van der Waals surface area contributed by atoms with Crippen molar-refractivity contribution in [1.82, 2.24) is 15.5 Å². The highest BCUT2D eigenvalue weighted by atomic mass is 35.5. The Kier molecular flexibility index (Phi) is 8.92. The van der Waals surface area contributed by atoms with E-state index in [1.807, 2.05) is 4.90 Å². The maximum Gasteiger partial charge on any atom is 0.224 e. The fourth-order valence-electron chi connectivity index (χ4n) is 3.46. The van der Waals surface area contributed by atoms with Crippen molar-refractivity contribution in [2.45, 2.75) is 70.9 Å². The van der Waals surface area contributed by atoms with Crippen molar-refractivity contribution < 1.29 is 9.59 Å². The number of unbranched alkanes of at least 4 members (excludes halogenated alkanes) is 1. The lowest BCUT2D eigenvalue weighted by Crippen LogP contribution is -2.50. The van der Waals surface area contributed by atoms with Gasteiger partial charge in [0.15, 0.2) is 0 Å². The number of nitrogens with one attached hydrogen (secondary N) is 2. The van der Waals surface area contributed by atoms with Crippen LogP contribution >= 0.6 is 12.4 Å². The van der Waals surface area contributed by atoms with Gasteiger partial charge in [-0.1, -0.05) is 13.3 Å². The van der Waals surface area contributed by atoms with Crippen LogP contribution in [0.1, 0.15) is 58.8 Å². The van der Waals surface area contributed by atoms with Crippen molar-refractivity contribution in [3.63, 3.8) is 0 Å². The lowest BCUT2D eigenvalue weighted by Gasteiger charge is -2.38. The molecule has 23 heavy (non-hydrogen) atoms. The number of hydrogen-bond acceptors (Lipinski definition) is 3. The molecule has 134 valence electrons. The Bertz CT molecular complexity index is 386. The van der Waals surface area contributed by atoms with Crippen LogP contribution in [-0.2, 0) is 9.59 Å². The highest BCUT2D eigenvalue weighted by molar-refractivity contribution is 5.85. The van der Waals surface area contributed by atoms with Crippen molar-refractivity contribution in [3.05, 3.63) is 0 Å². The van der Waals surface area contributed by atoms with E-state index in [0.29, 0.717) is 19.0 Å². The zero-order chi connectivity index (χ0) is 15.9. The first-order valence-corrected chi connectivity index (χ1v) is 8.92. The van der Waals surface area contributed by atoms with Crippen molar-refractivity contribution in [1.29, 1.82) is 0 Å². The normalized spacial score (nSPS) is 27.4. The average molecular weight is 346 g/mol. The summed E-state index contributed by atoms with van der Waals surface area (Å²) in [4.78, 5) is 26.7. The summed E-state index contributed by atoms with van der Waals surface area (Å²) in [6.45, 7) is 6.58. The third-order valence-corrected chi connectivity index (χ3v) is 4.99. The molecule has 3 unspecified atom stereocenters. The molecule has 0 radical (unpaired) electrons. The summed E-state index contributed by atoms with van der Waals surface area (Å²) in [5, 5.41) is 6.39. The van der Waals surface area contributed by atoms with Gasteiger partial charge in [-0.05, 0) is 45.6 Å². The molecular formula is C17H32ClN3O2. The summed E-state index contributed by atoms with van der Waals surface area (Å²) >= 11 is 0. The first kappa shape index (κ1) is 20.2. The zero-order valence-corrected chi connectivity index (χ0v) is 15.3. The van der Waals surface area contributed by atoms with Crippen LogP contribution in [0.3, 0.4) is 0 Å². The predicted molar refractivity (Wildman–Crippen MR) is 94.7 cm³/mol. The molecule has 5 nitrogen and oxygen atoms in total. The Labute approximate surface area is 146 Å². The Hall–Kier alpha value is -0.810. The maximum atomic E-state index is 12.5. The number of hydrogen-bond donors (Lipinski definition) is 2. The van der Waals surface area contributed by atoms with Crippen LogP contribution in [0.4, 0.5) is 0 Å². The van der Waals surface area contributed by atoms with Crippen molar-refractivity contribution >= 4 is 24.2 Å². The minimum absolute atomic E-state index is 0. The van der Waals surface area contributed by atoms with Gasteiger partial charge in [0.25, 0.3) is 0 Å².